The zero-order valence-electron chi connectivity index (χ0n) is 8.32. The number of hydrogen-bond donors (Lipinski definition) is 1. The predicted molar refractivity (Wildman–Crippen MR) is 56.6 cm³/mol. The zero-order valence-corrected chi connectivity index (χ0v) is 9.14. The zero-order chi connectivity index (χ0) is 9.86. The minimum absolute atomic E-state index is 0.349. The molecule has 2 heterocycles. The van der Waals surface area contributed by atoms with E-state index in [-0.39, 0.29) is 0 Å². The Labute approximate surface area is 87.8 Å². The van der Waals surface area contributed by atoms with Crippen molar-refractivity contribution in [1.82, 2.24) is 9.59 Å². The minimum Gasteiger partial charge on any atom is -0.381 e. The summed E-state index contributed by atoms with van der Waals surface area (Å²) in [5.41, 5.74) is 0.349. The van der Waals surface area contributed by atoms with Gasteiger partial charge in [-0.1, -0.05) is 11.4 Å². The topological polar surface area (TPSA) is 47.0 Å². The second-order valence-electron chi connectivity index (χ2n) is 4.07. The Kier molecular flexibility index (Phi) is 2.98. The maximum absolute atomic E-state index is 5.35. The number of ether oxygens (including phenoxy) is 1. The Morgan fingerprint density at radius 2 is 2.36 bits per heavy atom. The van der Waals surface area contributed by atoms with Crippen LogP contribution in [0.15, 0.2) is 5.38 Å². The van der Waals surface area contributed by atoms with Crippen molar-refractivity contribution in [2.24, 2.45) is 5.41 Å². The Morgan fingerprint density at radius 3 is 3.00 bits per heavy atom. The Hall–Kier alpha value is -0.680. The maximum atomic E-state index is 5.35. The minimum atomic E-state index is 0.349. The maximum Gasteiger partial charge on any atom is 0.161 e. The summed E-state index contributed by atoms with van der Waals surface area (Å²) >= 11 is 1.38. The van der Waals surface area contributed by atoms with Gasteiger partial charge in [0, 0.05) is 19.8 Å². The van der Waals surface area contributed by atoms with Crippen LogP contribution in [0.25, 0.3) is 0 Å². The first kappa shape index (κ1) is 9.86. The number of rotatable bonds is 3. The molecule has 14 heavy (non-hydrogen) atoms. The van der Waals surface area contributed by atoms with E-state index in [1.165, 1.54) is 11.5 Å². The normalized spacial score (nSPS) is 20.6. The molecule has 1 saturated heterocycles. The van der Waals surface area contributed by atoms with Crippen molar-refractivity contribution in [3.63, 3.8) is 0 Å². The quantitative estimate of drug-likeness (QED) is 0.831. The number of anilines is 1. The average molecular weight is 213 g/mol. The fraction of sp³-hybridized carbons (Fsp3) is 0.778. The largest absolute Gasteiger partial charge is 0.381 e. The molecule has 0 amide bonds. The molecule has 1 aromatic heterocycles. The lowest BCUT2D eigenvalue weighted by molar-refractivity contribution is 0.0300. The fourth-order valence-electron chi connectivity index (χ4n) is 1.59. The molecule has 1 fully saturated rings. The van der Waals surface area contributed by atoms with Gasteiger partial charge >= 0.3 is 0 Å². The molecule has 1 aliphatic heterocycles. The molecule has 0 saturated carbocycles. The van der Waals surface area contributed by atoms with Crippen LogP contribution in [0.2, 0.25) is 0 Å². The number of aromatic nitrogens is 2. The summed E-state index contributed by atoms with van der Waals surface area (Å²) in [5.74, 6) is 0.891. The van der Waals surface area contributed by atoms with Gasteiger partial charge < -0.3 is 10.1 Å². The van der Waals surface area contributed by atoms with Crippen LogP contribution in [0.3, 0.4) is 0 Å². The van der Waals surface area contributed by atoms with Gasteiger partial charge in [-0.15, -0.1) is 5.10 Å². The van der Waals surface area contributed by atoms with Gasteiger partial charge in [-0.2, -0.15) is 0 Å². The second-order valence-corrected chi connectivity index (χ2v) is 4.68. The smallest absolute Gasteiger partial charge is 0.161 e. The molecule has 0 aliphatic carbocycles. The highest BCUT2D eigenvalue weighted by Gasteiger charge is 2.27. The van der Waals surface area contributed by atoms with Crippen LogP contribution in [0.4, 0.5) is 5.82 Å². The molecule has 0 aromatic carbocycles. The molecule has 0 atom stereocenters. The van der Waals surface area contributed by atoms with Gasteiger partial charge in [0.25, 0.3) is 0 Å². The SMILES string of the molecule is CC1(CNc2csnn2)CCOCC1. The highest BCUT2D eigenvalue weighted by atomic mass is 32.1. The number of nitrogens with one attached hydrogen (secondary N) is 1. The first-order valence-electron chi connectivity index (χ1n) is 4.87. The van der Waals surface area contributed by atoms with E-state index in [0.29, 0.717) is 5.41 Å². The van der Waals surface area contributed by atoms with Gasteiger partial charge in [0.2, 0.25) is 0 Å². The van der Waals surface area contributed by atoms with E-state index < -0.39 is 0 Å². The Bertz CT molecular complexity index is 270. The molecule has 2 rings (SSSR count). The van der Waals surface area contributed by atoms with Gasteiger partial charge in [-0.3, -0.25) is 0 Å². The molecule has 78 valence electrons. The molecule has 0 bridgehead atoms. The molecule has 0 spiro atoms. The van der Waals surface area contributed by atoms with Crippen LogP contribution in [0, 0.1) is 5.41 Å². The van der Waals surface area contributed by atoms with Crippen molar-refractivity contribution in [1.29, 1.82) is 0 Å². The first-order valence-corrected chi connectivity index (χ1v) is 5.71. The standard InChI is InChI=1S/C9H15N3OS/c1-9(2-4-13-5-3-9)7-10-8-6-14-12-11-8/h6,10H,2-5,7H2,1H3. The molecular weight excluding hydrogens is 198 g/mol. The fourth-order valence-corrected chi connectivity index (χ4v) is 2.00. The lowest BCUT2D eigenvalue weighted by Gasteiger charge is -2.33. The van der Waals surface area contributed by atoms with E-state index in [2.05, 4.69) is 21.8 Å². The summed E-state index contributed by atoms with van der Waals surface area (Å²) in [6, 6.07) is 0. The van der Waals surface area contributed by atoms with E-state index in [4.69, 9.17) is 4.74 Å². The van der Waals surface area contributed by atoms with Gasteiger partial charge in [-0.25, -0.2) is 0 Å². The third kappa shape index (κ3) is 2.42. The second kappa shape index (κ2) is 4.23. The van der Waals surface area contributed by atoms with Gasteiger partial charge in [-0.05, 0) is 29.8 Å². The van der Waals surface area contributed by atoms with E-state index in [0.717, 1.165) is 38.4 Å². The summed E-state index contributed by atoms with van der Waals surface area (Å²) in [7, 11) is 0. The van der Waals surface area contributed by atoms with Crippen LogP contribution >= 0.6 is 11.5 Å². The molecule has 1 aromatic rings. The summed E-state index contributed by atoms with van der Waals surface area (Å²) in [5, 5.41) is 9.21. The van der Waals surface area contributed by atoms with Crippen molar-refractivity contribution in [3.8, 4) is 0 Å². The van der Waals surface area contributed by atoms with E-state index >= 15 is 0 Å². The third-order valence-corrected chi connectivity index (χ3v) is 3.26. The van der Waals surface area contributed by atoms with Gasteiger partial charge in [0.1, 0.15) is 0 Å². The summed E-state index contributed by atoms with van der Waals surface area (Å²) in [6.07, 6.45) is 2.25. The van der Waals surface area contributed by atoms with Gasteiger partial charge in [0.05, 0.1) is 5.38 Å². The molecular formula is C9H15N3OS. The summed E-state index contributed by atoms with van der Waals surface area (Å²) in [6.45, 7) is 5.02. The highest BCUT2D eigenvalue weighted by molar-refractivity contribution is 7.03. The van der Waals surface area contributed by atoms with E-state index in [9.17, 15) is 0 Å². The lowest BCUT2D eigenvalue weighted by atomic mass is 9.82. The van der Waals surface area contributed by atoms with Crippen molar-refractivity contribution in [3.05, 3.63) is 5.38 Å². The molecule has 4 nitrogen and oxygen atoms in total. The average Bonchev–Trinajstić information content (AvgIpc) is 2.69. The summed E-state index contributed by atoms with van der Waals surface area (Å²) in [4.78, 5) is 0. The van der Waals surface area contributed by atoms with Crippen LogP contribution in [0.1, 0.15) is 19.8 Å². The van der Waals surface area contributed by atoms with E-state index in [1.54, 1.807) is 0 Å². The monoisotopic (exact) mass is 213 g/mol. The first-order chi connectivity index (χ1) is 6.79. The van der Waals surface area contributed by atoms with Crippen molar-refractivity contribution in [2.75, 3.05) is 25.1 Å². The van der Waals surface area contributed by atoms with Crippen LogP contribution in [-0.4, -0.2) is 29.3 Å². The Morgan fingerprint density at radius 1 is 1.57 bits per heavy atom. The van der Waals surface area contributed by atoms with Crippen molar-refractivity contribution < 1.29 is 4.74 Å². The Balaban J connectivity index is 1.84. The lowest BCUT2D eigenvalue weighted by Crippen LogP contribution is -2.33. The number of nitrogens with zero attached hydrogens (tertiary/aromatic N) is 2. The van der Waals surface area contributed by atoms with Gasteiger partial charge in [0.15, 0.2) is 5.82 Å². The molecule has 5 heteroatoms. The molecule has 1 N–H and O–H groups in total. The van der Waals surface area contributed by atoms with Crippen LogP contribution in [0.5, 0.6) is 0 Å². The molecule has 0 radical (unpaired) electrons. The van der Waals surface area contributed by atoms with Crippen LogP contribution in [-0.2, 0) is 4.74 Å². The third-order valence-electron chi connectivity index (χ3n) is 2.76. The molecule has 0 unspecified atom stereocenters. The van der Waals surface area contributed by atoms with Crippen molar-refractivity contribution >= 4 is 17.4 Å². The number of hydrogen-bond acceptors (Lipinski definition) is 5. The summed E-state index contributed by atoms with van der Waals surface area (Å²) < 4.78 is 9.16. The van der Waals surface area contributed by atoms with E-state index in [1.807, 2.05) is 5.38 Å². The van der Waals surface area contributed by atoms with Crippen LogP contribution < -0.4 is 5.32 Å². The predicted octanol–water partition coefficient (Wildman–Crippen LogP) is 1.77. The highest BCUT2D eigenvalue weighted by Crippen LogP contribution is 2.29. The van der Waals surface area contributed by atoms with Crippen molar-refractivity contribution in [2.45, 2.75) is 19.8 Å². The molecule has 1 aliphatic rings.